The lowest BCUT2D eigenvalue weighted by molar-refractivity contribution is 0.102. The molecule has 158 valence electrons. The third kappa shape index (κ3) is 4.10. The van der Waals surface area contributed by atoms with Crippen LogP contribution in [0.4, 0.5) is 11.4 Å². The largest absolute Gasteiger partial charge is 0.397 e. The zero-order valence-corrected chi connectivity index (χ0v) is 18.0. The number of benzene rings is 3. The molecule has 6 nitrogen and oxygen atoms in total. The second-order valence-corrected chi connectivity index (χ2v) is 8.44. The molecule has 0 fully saturated rings. The van der Waals surface area contributed by atoms with E-state index in [1.807, 2.05) is 41.8 Å². The Labute approximate surface area is 189 Å². The standard InChI is InChI=1S/C25H21N5OS/c26-21-11-10-19(24-9-4-14-32-24)15-22(21)27-25(31)23-16-30(29-28-23)13-12-18-7-3-6-17-5-1-2-8-20(17)18/h1-11,14-16H,12-13,26H2,(H,27,31). The van der Waals surface area contributed by atoms with Gasteiger partial charge >= 0.3 is 0 Å². The van der Waals surface area contributed by atoms with Gasteiger partial charge in [0, 0.05) is 11.4 Å². The predicted molar refractivity (Wildman–Crippen MR) is 130 cm³/mol. The zero-order valence-electron chi connectivity index (χ0n) is 17.2. The van der Waals surface area contributed by atoms with Crippen LogP contribution in [0.3, 0.4) is 0 Å². The molecule has 5 rings (SSSR count). The van der Waals surface area contributed by atoms with Gasteiger partial charge in [0.05, 0.1) is 17.6 Å². The molecule has 3 N–H and O–H groups in total. The Morgan fingerprint density at radius 1 is 1.03 bits per heavy atom. The second kappa shape index (κ2) is 8.64. The Morgan fingerprint density at radius 3 is 2.78 bits per heavy atom. The van der Waals surface area contributed by atoms with E-state index in [1.165, 1.54) is 16.3 Å². The monoisotopic (exact) mass is 439 g/mol. The van der Waals surface area contributed by atoms with Crippen LogP contribution in [0.15, 0.2) is 84.4 Å². The second-order valence-electron chi connectivity index (χ2n) is 7.49. The van der Waals surface area contributed by atoms with Gasteiger partial charge in [0.15, 0.2) is 5.69 Å². The Kier molecular flexibility index (Phi) is 5.39. The Hall–Kier alpha value is -3.97. The van der Waals surface area contributed by atoms with Crippen molar-refractivity contribution < 1.29 is 4.79 Å². The van der Waals surface area contributed by atoms with Crippen molar-refractivity contribution >= 4 is 39.4 Å². The maximum Gasteiger partial charge on any atom is 0.277 e. The minimum Gasteiger partial charge on any atom is -0.397 e. The summed E-state index contributed by atoms with van der Waals surface area (Å²) in [5, 5.41) is 15.5. The highest BCUT2D eigenvalue weighted by Gasteiger charge is 2.14. The molecule has 0 aliphatic rings. The Balaban J connectivity index is 1.29. The van der Waals surface area contributed by atoms with E-state index in [2.05, 4.69) is 46.0 Å². The Morgan fingerprint density at radius 2 is 1.91 bits per heavy atom. The number of carbonyl (C=O) groups excluding carboxylic acids is 1. The molecule has 32 heavy (non-hydrogen) atoms. The van der Waals surface area contributed by atoms with E-state index in [4.69, 9.17) is 5.73 Å². The fraction of sp³-hybridized carbons (Fsp3) is 0.0800. The number of anilines is 2. The van der Waals surface area contributed by atoms with Crippen molar-refractivity contribution in [3.8, 4) is 10.4 Å². The smallest absolute Gasteiger partial charge is 0.277 e. The van der Waals surface area contributed by atoms with Gasteiger partial charge in [-0.3, -0.25) is 9.48 Å². The number of hydrogen-bond donors (Lipinski definition) is 2. The van der Waals surface area contributed by atoms with Gasteiger partial charge in [-0.05, 0) is 51.9 Å². The maximum atomic E-state index is 12.7. The number of carbonyl (C=O) groups is 1. The van der Waals surface area contributed by atoms with Crippen molar-refractivity contribution in [2.45, 2.75) is 13.0 Å². The number of amides is 1. The molecule has 1 amide bonds. The molecule has 0 unspecified atom stereocenters. The quantitative estimate of drug-likeness (QED) is 0.355. The number of rotatable bonds is 6. The van der Waals surface area contributed by atoms with Gasteiger partial charge in [-0.1, -0.05) is 59.8 Å². The summed E-state index contributed by atoms with van der Waals surface area (Å²) in [6, 6.07) is 24.2. The summed E-state index contributed by atoms with van der Waals surface area (Å²) in [6.45, 7) is 0.629. The first-order valence-electron chi connectivity index (χ1n) is 10.3. The van der Waals surface area contributed by atoms with Gasteiger partial charge in [-0.15, -0.1) is 16.4 Å². The van der Waals surface area contributed by atoms with Gasteiger partial charge in [-0.25, -0.2) is 0 Å². The summed E-state index contributed by atoms with van der Waals surface area (Å²) in [5.74, 6) is -0.337. The lowest BCUT2D eigenvalue weighted by Crippen LogP contribution is -2.13. The number of aromatic nitrogens is 3. The van der Waals surface area contributed by atoms with E-state index in [1.54, 1.807) is 28.3 Å². The molecular formula is C25H21N5OS. The molecule has 0 saturated carbocycles. The lowest BCUT2D eigenvalue weighted by atomic mass is 10.0. The summed E-state index contributed by atoms with van der Waals surface area (Å²) in [4.78, 5) is 13.9. The highest BCUT2D eigenvalue weighted by Crippen LogP contribution is 2.30. The first-order chi connectivity index (χ1) is 15.7. The van der Waals surface area contributed by atoms with E-state index < -0.39 is 0 Å². The summed E-state index contributed by atoms with van der Waals surface area (Å²) in [7, 11) is 0. The van der Waals surface area contributed by atoms with E-state index in [-0.39, 0.29) is 11.6 Å². The highest BCUT2D eigenvalue weighted by molar-refractivity contribution is 7.13. The van der Waals surface area contributed by atoms with E-state index in [0.29, 0.717) is 17.9 Å². The molecule has 2 aromatic heterocycles. The van der Waals surface area contributed by atoms with Crippen LogP contribution in [0, 0.1) is 0 Å². The van der Waals surface area contributed by atoms with Gasteiger partial charge in [-0.2, -0.15) is 0 Å². The summed E-state index contributed by atoms with van der Waals surface area (Å²) >= 11 is 1.63. The molecule has 0 saturated heterocycles. The Bertz CT molecular complexity index is 1390. The molecule has 7 heteroatoms. The molecule has 0 spiro atoms. The number of nitrogen functional groups attached to an aromatic ring is 1. The van der Waals surface area contributed by atoms with Crippen molar-refractivity contribution in [1.29, 1.82) is 0 Å². The molecule has 0 atom stereocenters. The van der Waals surface area contributed by atoms with Crippen molar-refractivity contribution in [3.05, 3.63) is 95.6 Å². The van der Waals surface area contributed by atoms with Crippen molar-refractivity contribution in [1.82, 2.24) is 15.0 Å². The number of nitrogens with one attached hydrogen (secondary N) is 1. The number of nitrogens with zero attached hydrogens (tertiary/aromatic N) is 3. The fourth-order valence-electron chi connectivity index (χ4n) is 3.70. The zero-order chi connectivity index (χ0) is 21.9. The molecule has 0 aliphatic heterocycles. The van der Waals surface area contributed by atoms with Crippen LogP contribution < -0.4 is 11.1 Å². The normalized spacial score (nSPS) is 11.0. The van der Waals surface area contributed by atoms with E-state index >= 15 is 0 Å². The van der Waals surface area contributed by atoms with Crippen LogP contribution >= 0.6 is 11.3 Å². The maximum absolute atomic E-state index is 12.7. The highest BCUT2D eigenvalue weighted by atomic mass is 32.1. The van der Waals surface area contributed by atoms with Crippen molar-refractivity contribution in [3.63, 3.8) is 0 Å². The van der Waals surface area contributed by atoms with Gasteiger partial charge < -0.3 is 11.1 Å². The first kappa shape index (κ1) is 20.0. The molecule has 0 aliphatic carbocycles. The fourth-order valence-corrected chi connectivity index (χ4v) is 4.43. The minimum atomic E-state index is -0.337. The minimum absolute atomic E-state index is 0.254. The molecule has 2 heterocycles. The SMILES string of the molecule is Nc1ccc(-c2cccs2)cc1NC(=O)c1cn(CCc2cccc3ccccc23)nn1. The third-order valence-electron chi connectivity index (χ3n) is 5.37. The topological polar surface area (TPSA) is 85.8 Å². The van der Waals surface area contributed by atoms with Gasteiger partial charge in [0.25, 0.3) is 5.91 Å². The average Bonchev–Trinajstić information content (AvgIpc) is 3.52. The molecule has 3 aromatic carbocycles. The lowest BCUT2D eigenvalue weighted by Gasteiger charge is -2.09. The van der Waals surface area contributed by atoms with Gasteiger partial charge in [0.1, 0.15) is 0 Å². The third-order valence-corrected chi connectivity index (χ3v) is 6.29. The molecule has 0 radical (unpaired) electrons. The average molecular weight is 440 g/mol. The summed E-state index contributed by atoms with van der Waals surface area (Å²) in [5.41, 5.74) is 9.64. The van der Waals surface area contributed by atoms with E-state index in [9.17, 15) is 4.79 Å². The predicted octanol–water partition coefficient (Wildman–Crippen LogP) is 5.24. The number of nitrogens with two attached hydrogens (primary N) is 1. The molecular weight excluding hydrogens is 418 g/mol. The van der Waals surface area contributed by atoms with Gasteiger partial charge in [0.2, 0.25) is 0 Å². The van der Waals surface area contributed by atoms with Crippen molar-refractivity contribution in [2.75, 3.05) is 11.1 Å². The van der Waals surface area contributed by atoms with Crippen LogP contribution in [-0.4, -0.2) is 20.9 Å². The number of thiophene rings is 1. The summed E-state index contributed by atoms with van der Waals surface area (Å²) < 4.78 is 1.70. The first-order valence-corrected chi connectivity index (χ1v) is 11.2. The number of aryl methyl sites for hydroxylation is 2. The van der Waals surface area contributed by atoms with Crippen LogP contribution in [0.25, 0.3) is 21.2 Å². The van der Waals surface area contributed by atoms with E-state index in [0.717, 1.165) is 16.9 Å². The van der Waals surface area contributed by atoms with Crippen LogP contribution in [0.2, 0.25) is 0 Å². The number of hydrogen-bond acceptors (Lipinski definition) is 5. The summed E-state index contributed by atoms with van der Waals surface area (Å²) in [6.07, 6.45) is 2.46. The van der Waals surface area contributed by atoms with Crippen LogP contribution in [0.5, 0.6) is 0 Å². The van der Waals surface area contributed by atoms with Crippen LogP contribution in [-0.2, 0) is 13.0 Å². The van der Waals surface area contributed by atoms with Crippen molar-refractivity contribution in [2.24, 2.45) is 0 Å². The molecule has 0 bridgehead atoms. The molecule has 5 aromatic rings. The van der Waals surface area contributed by atoms with Crippen LogP contribution in [0.1, 0.15) is 16.1 Å². The number of fused-ring (bicyclic) bond motifs is 1.